The van der Waals surface area contributed by atoms with E-state index in [2.05, 4.69) is 19.3 Å². The van der Waals surface area contributed by atoms with E-state index < -0.39 is 0 Å². The fraction of sp³-hybridized carbons (Fsp3) is 1.00. The smallest absolute Gasteiger partial charge is 0.0468 e. The lowest BCUT2D eigenvalue weighted by atomic mass is 9.90. The van der Waals surface area contributed by atoms with E-state index in [1.807, 2.05) is 0 Å². The quantitative estimate of drug-likeness (QED) is 0.667. The second-order valence-electron chi connectivity index (χ2n) is 6.43. The molecule has 106 valence electrons. The number of nitrogens with one attached hydrogen (secondary N) is 1. The predicted octanol–water partition coefficient (Wildman–Crippen LogP) is 3.61. The molecule has 0 spiro atoms. The van der Waals surface area contributed by atoms with Gasteiger partial charge in [0.15, 0.2) is 0 Å². The zero-order valence-electron chi connectivity index (χ0n) is 12.3. The molecule has 2 heteroatoms. The third kappa shape index (κ3) is 4.55. The first-order chi connectivity index (χ1) is 8.81. The minimum absolute atomic E-state index is 0.757. The van der Waals surface area contributed by atoms with E-state index >= 15 is 0 Å². The zero-order valence-corrected chi connectivity index (χ0v) is 12.3. The number of ether oxygens (including phenoxy) is 1. The van der Waals surface area contributed by atoms with Gasteiger partial charge >= 0.3 is 0 Å². The maximum atomic E-state index is 5.42. The van der Waals surface area contributed by atoms with Crippen molar-refractivity contribution in [3.63, 3.8) is 0 Å². The first-order valence-corrected chi connectivity index (χ1v) is 8.06. The van der Waals surface area contributed by atoms with Crippen LogP contribution < -0.4 is 5.32 Å². The zero-order chi connectivity index (χ0) is 12.8. The molecule has 2 aliphatic rings. The summed E-state index contributed by atoms with van der Waals surface area (Å²) in [6.07, 6.45) is 11.2. The SMILES string of the molecule is CNC(CCCCC1CCOCC1)C(C)C1CC1. The van der Waals surface area contributed by atoms with Gasteiger partial charge in [-0.25, -0.2) is 0 Å². The molecule has 2 unspecified atom stereocenters. The summed E-state index contributed by atoms with van der Waals surface area (Å²) in [5.41, 5.74) is 0. The summed E-state index contributed by atoms with van der Waals surface area (Å²) in [7, 11) is 2.14. The Labute approximate surface area is 113 Å². The van der Waals surface area contributed by atoms with Gasteiger partial charge in [-0.3, -0.25) is 0 Å². The Balaban J connectivity index is 1.55. The van der Waals surface area contributed by atoms with Gasteiger partial charge in [-0.2, -0.15) is 0 Å². The highest BCUT2D eigenvalue weighted by atomic mass is 16.5. The third-order valence-corrected chi connectivity index (χ3v) is 5.09. The summed E-state index contributed by atoms with van der Waals surface area (Å²) >= 11 is 0. The highest BCUT2D eigenvalue weighted by molar-refractivity contribution is 4.85. The standard InChI is InChI=1S/C16H31NO/c1-13(15-7-8-15)16(17-2)6-4-3-5-14-9-11-18-12-10-14/h13-17H,3-12H2,1-2H3. The molecule has 1 saturated heterocycles. The van der Waals surface area contributed by atoms with E-state index in [9.17, 15) is 0 Å². The summed E-state index contributed by atoms with van der Waals surface area (Å²) in [6.45, 7) is 4.45. The molecule has 0 bridgehead atoms. The molecule has 1 saturated carbocycles. The van der Waals surface area contributed by atoms with Crippen molar-refractivity contribution >= 4 is 0 Å². The van der Waals surface area contributed by atoms with Crippen LogP contribution in [-0.2, 0) is 4.74 Å². The van der Waals surface area contributed by atoms with E-state index in [0.717, 1.165) is 37.0 Å². The Morgan fingerprint density at radius 2 is 1.83 bits per heavy atom. The van der Waals surface area contributed by atoms with Crippen LogP contribution in [-0.4, -0.2) is 26.3 Å². The normalized spacial score (nSPS) is 25.0. The number of hydrogen-bond acceptors (Lipinski definition) is 2. The lowest BCUT2D eigenvalue weighted by molar-refractivity contribution is 0.0630. The van der Waals surface area contributed by atoms with Crippen molar-refractivity contribution in [2.75, 3.05) is 20.3 Å². The first kappa shape index (κ1) is 14.3. The van der Waals surface area contributed by atoms with E-state index in [1.165, 1.54) is 51.4 Å². The van der Waals surface area contributed by atoms with Crippen LogP contribution in [0.1, 0.15) is 58.3 Å². The van der Waals surface area contributed by atoms with Crippen LogP contribution in [0.15, 0.2) is 0 Å². The van der Waals surface area contributed by atoms with Gasteiger partial charge in [0.2, 0.25) is 0 Å². The average Bonchev–Trinajstić information content (AvgIpc) is 3.24. The average molecular weight is 253 g/mol. The second kappa shape index (κ2) is 7.49. The minimum Gasteiger partial charge on any atom is -0.381 e. The van der Waals surface area contributed by atoms with Gasteiger partial charge in [0, 0.05) is 19.3 Å². The summed E-state index contributed by atoms with van der Waals surface area (Å²) in [4.78, 5) is 0. The van der Waals surface area contributed by atoms with Gasteiger partial charge in [0.05, 0.1) is 0 Å². The molecule has 0 aromatic rings. The van der Waals surface area contributed by atoms with Crippen LogP contribution in [0.25, 0.3) is 0 Å². The van der Waals surface area contributed by atoms with E-state index in [4.69, 9.17) is 4.74 Å². The molecule has 1 aliphatic heterocycles. The molecule has 1 N–H and O–H groups in total. The molecule has 2 nitrogen and oxygen atoms in total. The topological polar surface area (TPSA) is 21.3 Å². The van der Waals surface area contributed by atoms with Crippen molar-refractivity contribution in [3.05, 3.63) is 0 Å². The minimum atomic E-state index is 0.757. The fourth-order valence-electron chi connectivity index (χ4n) is 3.45. The predicted molar refractivity (Wildman–Crippen MR) is 76.7 cm³/mol. The first-order valence-electron chi connectivity index (χ1n) is 8.06. The van der Waals surface area contributed by atoms with Gasteiger partial charge in [-0.1, -0.05) is 26.2 Å². The molecule has 0 aromatic heterocycles. The molecule has 18 heavy (non-hydrogen) atoms. The second-order valence-corrected chi connectivity index (χ2v) is 6.43. The summed E-state index contributed by atoms with van der Waals surface area (Å²) < 4.78 is 5.42. The van der Waals surface area contributed by atoms with Crippen molar-refractivity contribution in [1.29, 1.82) is 0 Å². The number of rotatable bonds is 8. The lowest BCUT2D eigenvalue weighted by Gasteiger charge is -2.25. The van der Waals surface area contributed by atoms with Gasteiger partial charge in [-0.15, -0.1) is 0 Å². The van der Waals surface area contributed by atoms with Crippen LogP contribution in [0.2, 0.25) is 0 Å². The van der Waals surface area contributed by atoms with Crippen LogP contribution in [0, 0.1) is 17.8 Å². The van der Waals surface area contributed by atoms with Crippen LogP contribution in [0.3, 0.4) is 0 Å². The van der Waals surface area contributed by atoms with E-state index in [0.29, 0.717) is 0 Å². The summed E-state index contributed by atoms with van der Waals surface area (Å²) in [6, 6.07) is 0.757. The Morgan fingerprint density at radius 1 is 1.11 bits per heavy atom. The number of hydrogen-bond donors (Lipinski definition) is 1. The molecule has 0 radical (unpaired) electrons. The monoisotopic (exact) mass is 253 g/mol. The number of unbranched alkanes of at least 4 members (excludes halogenated alkanes) is 1. The van der Waals surface area contributed by atoms with Crippen LogP contribution in [0.4, 0.5) is 0 Å². The molecule has 0 amide bonds. The van der Waals surface area contributed by atoms with Crippen molar-refractivity contribution in [3.8, 4) is 0 Å². The fourth-order valence-corrected chi connectivity index (χ4v) is 3.45. The van der Waals surface area contributed by atoms with Gasteiger partial charge in [-0.05, 0) is 56.9 Å². The largest absolute Gasteiger partial charge is 0.381 e. The highest BCUT2D eigenvalue weighted by Gasteiger charge is 2.32. The molecular weight excluding hydrogens is 222 g/mol. The Kier molecular flexibility index (Phi) is 5.97. The Morgan fingerprint density at radius 3 is 2.44 bits per heavy atom. The molecule has 2 fully saturated rings. The molecule has 2 rings (SSSR count). The molecular formula is C16H31NO. The van der Waals surface area contributed by atoms with Crippen molar-refractivity contribution in [2.45, 2.75) is 64.3 Å². The Bertz CT molecular complexity index is 221. The summed E-state index contributed by atoms with van der Waals surface area (Å²) in [5.74, 6) is 2.86. The van der Waals surface area contributed by atoms with Gasteiger partial charge in [0.1, 0.15) is 0 Å². The van der Waals surface area contributed by atoms with Gasteiger partial charge in [0.25, 0.3) is 0 Å². The molecule has 2 atom stereocenters. The van der Waals surface area contributed by atoms with Gasteiger partial charge < -0.3 is 10.1 Å². The maximum absolute atomic E-state index is 5.42. The lowest BCUT2D eigenvalue weighted by Crippen LogP contribution is -2.33. The van der Waals surface area contributed by atoms with Crippen molar-refractivity contribution < 1.29 is 4.74 Å². The molecule has 1 heterocycles. The highest BCUT2D eigenvalue weighted by Crippen LogP contribution is 2.39. The summed E-state index contributed by atoms with van der Waals surface area (Å²) in [5, 5.41) is 3.54. The van der Waals surface area contributed by atoms with Crippen molar-refractivity contribution in [1.82, 2.24) is 5.32 Å². The van der Waals surface area contributed by atoms with Crippen molar-refractivity contribution in [2.24, 2.45) is 17.8 Å². The maximum Gasteiger partial charge on any atom is 0.0468 e. The molecule has 1 aliphatic carbocycles. The third-order valence-electron chi connectivity index (χ3n) is 5.09. The molecule has 0 aromatic carbocycles. The van der Waals surface area contributed by atoms with Crippen LogP contribution >= 0.6 is 0 Å². The van der Waals surface area contributed by atoms with E-state index in [1.54, 1.807) is 0 Å². The Hall–Kier alpha value is -0.0800. The van der Waals surface area contributed by atoms with E-state index in [-0.39, 0.29) is 0 Å². The van der Waals surface area contributed by atoms with Crippen LogP contribution in [0.5, 0.6) is 0 Å².